The van der Waals surface area contributed by atoms with Crippen molar-refractivity contribution in [1.29, 1.82) is 0 Å². The summed E-state index contributed by atoms with van der Waals surface area (Å²) in [7, 11) is 0. The predicted octanol–water partition coefficient (Wildman–Crippen LogP) is 3.01. The molecule has 3 rings (SSSR count). The van der Waals surface area contributed by atoms with E-state index in [1.165, 1.54) is 0 Å². The maximum Gasteiger partial charge on any atom is 0.324 e. The van der Waals surface area contributed by atoms with E-state index in [0.29, 0.717) is 28.1 Å². The van der Waals surface area contributed by atoms with Crippen molar-refractivity contribution in [3.63, 3.8) is 0 Å². The molecule has 0 saturated carbocycles. The first-order chi connectivity index (χ1) is 10.1. The molecule has 6 nitrogen and oxygen atoms in total. The van der Waals surface area contributed by atoms with Crippen molar-refractivity contribution >= 4 is 40.7 Å². The maximum atomic E-state index is 12.0. The summed E-state index contributed by atoms with van der Waals surface area (Å²) in [5, 5.41) is 16.5. The van der Waals surface area contributed by atoms with E-state index in [2.05, 4.69) is 26.1 Å². The van der Waals surface area contributed by atoms with Crippen LogP contribution in [0.15, 0.2) is 18.2 Å². The van der Waals surface area contributed by atoms with Gasteiger partial charge in [0, 0.05) is 36.5 Å². The van der Waals surface area contributed by atoms with Gasteiger partial charge in [0.25, 0.3) is 0 Å². The number of halogens is 2. The van der Waals surface area contributed by atoms with Gasteiger partial charge >= 0.3 is 6.03 Å². The second-order valence-corrected chi connectivity index (χ2v) is 5.48. The first kappa shape index (κ1) is 14.2. The van der Waals surface area contributed by atoms with Crippen LogP contribution in [0, 0.1) is 0 Å². The molecule has 0 radical (unpaired) electrons. The molecule has 4 N–H and O–H groups in total. The summed E-state index contributed by atoms with van der Waals surface area (Å²) in [6.07, 6.45) is 0.873. The van der Waals surface area contributed by atoms with E-state index >= 15 is 0 Å². The third-order valence-corrected chi connectivity index (χ3v) is 3.95. The number of benzene rings is 1. The molecule has 1 aromatic carbocycles. The van der Waals surface area contributed by atoms with E-state index in [-0.39, 0.29) is 6.03 Å². The molecule has 2 aromatic rings. The van der Waals surface area contributed by atoms with Crippen LogP contribution in [-0.2, 0) is 13.0 Å². The summed E-state index contributed by atoms with van der Waals surface area (Å²) in [5.41, 5.74) is 2.61. The van der Waals surface area contributed by atoms with Crippen LogP contribution in [0.1, 0.15) is 11.3 Å². The number of H-pyrrole nitrogens is 1. The van der Waals surface area contributed by atoms with Crippen LogP contribution in [0.5, 0.6) is 0 Å². The van der Waals surface area contributed by atoms with Gasteiger partial charge in [-0.1, -0.05) is 23.2 Å². The molecule has 110 valence electrons. The smallest absolute Gasteiger partial charge is 0.312 e. The molecule has 2 heterocycles. The van der Waals surface area contributed by atoms with Gasteiger partial charge in [-0.15, -0.1) is 0 Å². The highest BCUT2D eigenvalue weighted by atomic mass is 35.5. The number of aromatic amines is 1. The predicted molar refractivity (Wildman–Crippen MR) is 83.1 cm³/mol. The van der Waals surface area contributed by atoms with E-state index < -0.39 is 0 Å². The molecule has 1 aliphatic heterocycles. The Morgan fingerprint density at radius 2 is 2.10 bits per heavy atom. The van der Waals surface area contributed by atoms with Crippen molar-refractivity contribution in [3.05, 3.63) is 39.5 Å². The third kappa shape index (κ3) is 3.12. The fraction of sp³-hybridized carbons (Fsp3) is 0.231. The zero-order valence-corrected chi connectivity index (χ0v) is 12.5. The first-order valence-electron chi connectivity index (χ1n) is 6.43. The number of carbonyl (C=O) groups is 1. The lowest BCUT2D eigenvalue weighted by atomic mass is 10.1. The van der Waals surface area contributed by atoms with Crippen molar-refractivity contribution in [2.45, 2.75) is 13.0 Å². The highest BCUT2D eigenvalue weighted by molar-refractivity contribution is 6.42. The number of carbonyl (C=O) groups excluding carboxylic acids is 1. The molecule has 0 fully saturated rings. The molecule has 21 heavy (non-hydrogen) atoms. The minimum absolute atomic E-state index is 0.381. The highest BCUT2D eigenvalue weighted by Crippen LogP contribution is 2.25. The number of hydrogen-bond acceptors (Lipinski definition) is 3. The summed E-state index contributed by atoms with van der Waals surface area (Å²) in [4.78, 5) is 12.0. The number of aromatic nitrogens is 2. The number of fused-ring (bicyclic) bond motifs is 1. The second kappa shape index (κ2) is 5.93. The molecule has 0 spiro atoms. The second-order valence-electron chi connectivity index (χ2n) is 4.66. The Morgan fingerprint density at radius 3 is 2.90 bits per heavy atom. The van der Waals surface area contributed by atoms with E-state index in [1.807, 2.05) is 0 Å². The fourth-order valence-electron chi connectivity index (χ4n) is 2.17. The average molecular weight is 326 g/mol. The van der Waals surface area contributed by atoms with Gasteiger partial charge in [-0.3, -0.25) is 10.4 Å². The van der Waals surface area contributed by atoms with E-state index in [0.717, 1.165) is 24.2 Å². The van der Waals surface area contributed by atoms with Crippen molar-refractivity contribution in [2.24, 2.45) is 0 Å². The number of rotatable bonds is 2. The molecule has 1 aromatic heterocycles. The quantitative estimate of drug-likeness (QED) is 0.685. The van der Waals surface area contributed by atoms with Crippen LogP contribution in [0.3, 0.4) is 0 Å². The van der Waals surface area contributed by atoms with Crippen molar-refractivity contribution in [2.75, 3.05) is 17.2 Å². The highest BCUT2D eigenvalue weighted by Gasteiger charge is 2.18. The standard InChI is InChI=1S/C13H13Cl2N5O/c14-9-2-1-7(5-10(9)15)17-13(21)18-12-8-6-16-4-3-11(8)19-20-12/h1-2,5,16H,3-4,6H2,(H3,17,18,19,20,21). The maximum absolute atomic E-state index is 12.0. The topological polar surface area (TPSA) is 81.8 Å². The molecular formula is C13H13Cl2N5O. The van der Waals surface area contributed by atoms with Gasteiger partial charge in [0.2, 0.25) is 0 Å². The van der Waals surface area contributed by atoms with Gasteiger partial charge < -0.3 is 10.6 Å². The molecule has 8 heteroatoms. The van der Waals surface area contributed by atoms with Gasteiger partial charge in [0.1, 0.15) is 0 Å². The first-order valence-corrected chi connectivity index (χ1v) is 7.19. The summed E-state index contributed by atoms with van der Waals surface area (Å²) in [6.45, 7) is 1.60. The molecule has 2 amide bonds. The Kier molecular flexibility index (Phi) is 4.01. The Balaban J connectivity index is 1.69. The number of urea groups is 1. The van der Waals surface area contributed by atoms with Gasteiger partial charge in [-0.05, 0) is 18.2 Å². The van der Waals surface area contributed by atoms with E-state index in [9.17, 15) is 4.79 Å². The van der Waals surface area contributed by atoms with Crippen molar-refractivity contribution in [3.8, 4) is 0 Å². The lowest BCUT2D eigenvalue weighted by Crippen LogP contribution is -2.25. The summed E-state index contributed by atoms with van der Waals surface area (Å²) in [5.74, 6) is 0.537. The lowest BCUT2D eigenvalue weighted by Gasteiger charge is -2.13. The number of hydrogen-bond donors (Lipinski definition) is 4. The molecular weight excluding hydrogens is 313 g/mol. The minimum atomic E-state index is -0.381. The molecule has 0 aliphatic carbocycles. The molecule has 1 aliphatic rings. The van der Waals surface area contributed by atoms with Crippen LogP contribution < -0.4 is 16.0 Å². The van der Waals surface area contributed by atoms with Gasteiger partial charge in [-0.25, -0.2) is 4.79 Å². The van der Waals surface area contributed by atoms with E-state index in [1.54, 1.807) is 18.2 Å². The van der Waals surface area contributed by atoms with Gasteiger partial charge in [-0.2, -0.15) is 5.10 Å². The van der Waals surface area contributed by atoms with Crippen LogP contribution in [0.25, 0.3) is 0 Å². The number of nitrogens with one attached hydrogen (secondary N) is 4. The van der Waals surface area contributed by atoms with Crippen LogP contribution in [-0.4, -0.2) is 22.8 Å². The Bertz CT molecular complexity index is 685. The third-order valence-electron chi connectivity index (χ3n) is 3.22. The zero-order valence-electron chi connectivity index (χ0n) is 11.0. The normalized spacial score (nSPS) is 13.6. The monoisotopic (exact) mass is 325 g/mol. The average Bonchev–Trinajstić information content (AvgIpc) is 2.86. The summed E-state index contributed by atoms with van der Waals surface area (Å²) in [6, 6.07) is 4.51. The van der Waals surface area contributed by atoms with Crippen molar-refractivity contribution in [1.82, 2.24) is 15.5 Å². The zero-order chi connectivity index (χ0) is 14.8. The Hall–Kier alpha value is -1.76. The number of nitrogens with zero attached hydrogens (tertiary/aromatic N) is 1. The Morgan fingerprint density at radius 1 is 1.24 bits per heavy atom. The van der Waals surface area contributed by atoms with Crippen LogP contribution in [0.4, 0.5) is 16.3 Å². The lowest BCUT2D eigenvalue weighted by molar-refractivity contribution is 0.262. The van der Waals surface area contributed by atoms with Gasteiger partial charge in [0.15, 0.2) is 5.82 Å². The number of anilines is 2. The molecule has 0 saturated heterocycles. The number of amides is 2. The van der Waals surface area contributed by atoms with E-state index in [4.69, 9.17) is 23.2 Å². The Labute approximate surface area is 131 Å². The molecule has 0 unspecified atom stereocenters. The SMILES string of the molecule is O=C(Nc1ccc(Cl)c(Cl)c1)Nc1n[nH]c2c1CNCC2. The summed E-state index contributed by atoms with van der Waals surface area (Å²) >= 11 is 11.7. The largest absolute Gasteiger partial charge is 0.324 e. The fourth-order valence-corrected chi connectivity index (χ4v) is 2.47. The van der Waals surface area contributed by atoms with Gasteiger partial charge in [0.05, 0.1) is 10.0 Å². The molecule has 0 bridgehead atoms. The minimum Gasteiger partial charge on any atom is -0.312 e. The van der Waals surface area contributed by atoms with Crippen LogP contribution >= 0.6 is 23.2 Å². The van der Waals surface area contributed by atoms with Crippen molar-refractivity contribution < 1.29 is 4.79 Å². The molecule has 0 atom stereocenters. The summed E-state index contributed by atoms with van der Waals surface area (Å²) < 4.78 is 0. The van der Waals surface area contributed by atoms with Crippen LogP contribution in [0.2, 0.25) is 10.0 Å².